The minimum absolute atomic E-state index is 0.0992. The lowest BCUT2D eigenvalue weighted by Crippen LogP contribution is -2.29. The highest BCUT2D eigenvalue weighted by Crippen LogP contribution is 2.49. The molecule has 1 saturated carbocycles. The first-order valence-corrected chi connectivity index (χ1v) is 9.11. The van der Waals surface area contributed by atoms with Crippen molar-refractivity contribution in [2.75, 3.05) is 18.4 Å². The molecular formula is C18H21N3OS. The normalized spacial score (nSPS) is 19.2. The predicted octanol–water partition coefficient (Wildman–Crippen LogP) is 3.19. The summed E-state index contributed by atoms with van der Waals surface area (Å²) in [7, 11) is 0. The topological polar surface area (TPSA) is 45.2 Å². The molecule has 2 aliphatic rings. The molecular weight excluding hydrogens is 306 g/mol. The smallest absolute Gasteiger partial charge is 0.236 e. The van der Waals surface area contributed by atoms with Gasteiger partial charge in [-0.15, -0.1) is 11.3 Å². The lowest BCUT2D eigenvalue weighted by Gasteiger charge is -2.23. The largest absolute Gasteiger partial charge is 0.301 e. The molecule has 0 atom stereocenters. The summed E-state index contributed by atoms with van der Waals surface area (Å²) >= 11 is 1.64. The number of benzene rings is 1. The molecule has 1 amide bonds. The number of hydrogen-bond acceptors (Lipinski definition) is 4. The number of nitrogens with one attached hydrogen (secondary N) is 1. The molecule has 0 spiro atoms. The zero-order valence-electron chi connectivity index (χ0n) is 13.3. The van der Waals surface area contributed by atoms with Gasteiger partial charge in [0.1, 0.15) is 0 Å². The Morgan fingerprint density at radius 1 is 1.35 bits per heavy atom. The van der Waals surface area contributed by atoms with Gasteiger partial charge in [-0.05, 0) is 24.9 Å². The summed E-state index contributed by atoms with van der Waals surface area (Å²) in [6.45, 7) is 5.28. The van der Waals surface area contributed by atoms with Crippen molar-refractivity contribution >= 4 is 22.4 Å². The Hall–Kier alpha value is -1.72. The first kappa shape index (κ1) is 14.8. The average molecular weight is 327 g/mol. The molecule has 120 valence electrons. The van der Waals surface area contributed by atoms with Gasteiger partial charge in [0, 0.05) is 24.4 Å². The number of anilines is 1. The number of likely N-dealkylation sites (N-methyl/N-ethyl adjacent to an activating group) is 1. The third-order valence-electron chi connectivity index (χ3n) is 4.99. The lowest BCUT2D eigenvalue weighted by atomic mass is 9.95. The number of rotatable bonds is 4. The number of amides is 1. The highest BCUT2D eigenvalue weighted by atomic mass is 32.1. The van der Waals surface area contributed by atoms with Gasteiger partial charge in [0.2, 0.25) is 5.91 Å². The van der Waals surface area contributed by atoms with Crippen LogP contribution in [0.1, 0.15) is 35.9 Å². The van der Waals surface area contributed by atoms with Crippen molar-refractivity contribution in [2.45, 2.75) is 38.1 Å². The molecule has 1 fully saturated rings. The number of thiazole rings is 1. The fourth-order valence-electron chi connectivity index (χ4n) is 3.32. The van der Waals surface area contributed by atoms with E-state index in [4.69, 9.17) is 0 Å². The molecule has 1 aromatic heterocycles. The molecule has 1 aliphatic carbocycles. The van der Waals surface area contributed by atoms with Crippen LogP contribution in [0.15, 0.2) is 30.3 Å². The molecule has 4 nitrogen and oxygen atoms in total. The number of nitrogens with zero attached hydrogens (tertiary/aromatic N) is 2. The molecule has 2 aromatic rings. The monoisotopic (exact) mass is 327 g/mol. The van der Waals surface area contributed by atoms with E-state index in [0.717, 1.165) is 49.6 Å². The van der Waals surface area contributed by atoms with Crippen LogP contribution in [-0.2, 0) is 23.2 Å². The van der Waals surface area contributed by atoms with Crippen molar-refractivity contribution in [1.82, 2.24) is 9.88 Å². The van der Waals surface area contributed by atoms with Crippen LogP contribution in [0.25, 0.3) is 0 Å². The van der Waals surface area contributed by atoms with Gasteiger partial charge in [-0.3, -0.25) is 9.69 Å². The number of carbonyl (C=O) groups excluding carboxylic acids is 1. The van der Waals surface area contributed by atoms with Crippen molar-refractivity contribution in [2.24, 2.45) is 0 Å². The number of fused-ring (bicyclic) bond motifs is 1. The van der Waals surface area contributed by atoms with E-state index in [0.29, 0.717) is 0 Å². The van der Waals surface area contributed by atoms with E-state index in [1.165, 1.54) is 10.6 Å². The summed E-state index contributed by atoms with van der Waals surface area (Å²) in [6.07, 6.45) is 2.84. The van der Waals surface area contributed by atoms with Crippen LogP contribution in [-0.4, -0.2) is 28.9 Å². The third-order valence-corrected chi connectivity index (χ3v) is 5.99. The fourth-order valence-corrected chi connectivity index (χ4v) is 4.36. The minimum atomic E-state index is -0.330. The summed E-state index contributed by atoms with van der Waals surface area (Å²) in [5.74, 6) is 0.0992. The molecule has 0 unspecified atom stereocenters. The van der Waals surface area contributed by atoms with Crippen molar-refractivity contribution in [3.8, 4) is 0 Å². The van der Waals surface area contributed by atoms with E-state index in [-0.39, 0.29) is 11.3 Å². The van der Waals surface area contributed by atoms with Crippen molar-refractivity contribution in [3.63, 3.8) is 0 Å². The van der Waals surface area contributed by atoms with Gasteiger partial charge in [0.05, 0.1) is 11.1 Å². The molecule has 4 rings (SSSR count). The van der Waals surface area contributed by atoms with Crippen LogP contribution in [0.3, 0.4) is 0 Å². The highest BCUT2D eigenvalue weighted by Gasteiger charge is 2.51. The second-order valence-electron chi connectivity index (χ2n) is 6.41. The summed E-state index contributed by atoms with van der Waals surface area (Å²) in [4.78, 5) is 21.1. The second kappa shape index (κ2) is 5.73. The first-order valence-electron chi connectivity index (χ1n) is 8.29. The summed E-state index contributed by atoms with van der Waals surface area (Å²) in [6, 6.07) is 10.1. The van der Waals surface area contributed by atoms with Crippen molar-refractivity contribution in [1.29, 1.82) is 0 Å². The maximum absolute atomic E-state index is 12.8. The molecule has 5 heteroatoms. The minimum Gasteiger partial charge on any atom is -0.301 e. The standard InChI is InChI=1S/C18H21N3OS/c1-2-21-11-8-14-15(12-21)23-17(19-14)20-16(22)18(9-10-18)13-6-4-3-5-7-13/h3-7H,2,8-12H2,1H3,(H,19,20,22). The quantitative estimate of drug-likeness (QED) is 0.938. The molecule has 0 saturated heterocycles. The number of hydrogen-bond donors (Lipinski definition) is 1. The van der Waals surface area contributed by atoms with E-state index in [2.05, 4.69) is 34.3 Å². The van der Waals surface area contributed by atoms with Gasteiger partial charge >= 0.3 is 0 Å². The third kappa shape index (κ3) is 2.68. The Morgan fingerprint density at radius 2 is 2.13 bits per heavy atom. The van der Waals surface area contributed by atoms with Gasteiger partial charge in [-0.1, -0.05) is 37.3 Å². The van der Waals surface area contributed by atoms with Crippen LogP contribution in [0.5, 0.6) is 0 Å². The molecule has 1 N–H and O–H groups in total. The van der Waals surface area contributed by atoms with E-state index in [9.17, 15) is 4.79 Å². The zero-order valence-corrected chi connectivity index (χ0v) is 14.2. The Morgan fingerprint density at radius 3 is 2.83 bits per heavy atom. The highest BCUT2D eigenvalue weighted by molar-refractivity contribution is 7.15. The Balaban J connectivity index is 1.51. The van der Waals surface area contributed by atoms with Crippen molar-refractivity contribution in [3.05, 3.63) is 46.5 Å². The molecule has 0 bridgehead atoms. The van der Waals surface area contributed by atoms with Crippen molar-refractivity contribution < 1.29 is 4.79 Å². The number of carbonyl (C=O) groups is 1. The van der Waals surface area contributed by atoms with Crippen LogP contribution in [0, 0.1) is 0 Å². The molecule has 0 radical (unpaired) electrons. The lowest BCUT2D eigenvalue weighted by molar-refractivity contribution is -0.118. The second-order valence-corrected chi connectivity index (χ2v) is 7.49. The molecule has 23 heavy (non-hydrogen) atoms. The molecule has 2 heterocycles. The first-order chi connectivity index (χ1) is 11.2. The maximum atomic E-state index is 12.8. The SMILES string of the molecule is CCN1CCc2nc(NC(=O)C3(c4ccccc4)CC3)sc2C1. The van der Waals surface area contributed by atoms with E-state index in [1.54, 1.807) is 11.3 Å². The Bertz CT molecular complexity index is 721. The Kier molecular flexibility index (Phi) is 3.70. The Labute approximate surface area is 140 Å². The predicted molar refractivity (Wildman–Crippen MR) is 92.8 cm³/mol. The van der Waals surface area contributed by atoms with Gasteiger partial charge in [-0.2, -0.15) is 0 Å². The van der Waals surface area contributed by atoms with Crippen LogP contribution >= 0.6 is 11.3 Å². The van der Waals surface area contributed by atoms with Gasteiger partial charge < -0.3 is 5.32 Å². The van der Waals surface area contributed by atoms with Gasteiger partial charge in [-0.25, -0.2) is 4.98 Å². The molecule has 1 aromatic carbocycles. The maximum Gasteiger partial charge on any atom is 0.236 e. The number of aromatic nitrogens is 1. The van der Waals surface area contributed by atoms with E-state index in [1.807, 2.05) is 18.2 Å². The molecule has 1 aliphatic heterocycles. The fraction of sp³-hybridized carbons (Fsp3) is 0.444. The zero-order chi connectivity index (χ0) is 15.9. The summed E-state index contributed by atoms with van der Waals surface area (Å²) in [5, 5.41) is 3.85. The summed E-state index contributed by atoms with van der Waals surface area (Å²) in [5.41, 5.74) is 1.96. The van der Waals surface area contributed by atoms with Crippen LogP contribution in [0.4, 0.5) is 5.13 Å². The van der Waals surface area contributed by atoms with Crippen LogP contribution < -0.4 is 5.32 Å². The van der Waals surface area contributed by atoms with Gasteiger partial charge in [0.15, 0.2) is 5.13 Å². The van der Waals surface area contributed by atoms with E-state index < -0.39 is 0 Å². The van der Waals surface area contributed by atoms with E-state index >= 15 is 0 Å². The van der Waals surface area contributed by atoms with Crippen LogP contribution in [0.2, 0.25) is 0 Å². The average Bonchev–Trinajstić information content (AvgIpc) is 3.31. The summed E-state index contributed by atoms with van der Waals surface area (Å²) < 4.78 is 0. The van der Waals surface area contributed by atoms with Gasteiger partial charge in [0.25, 0.3) is 0 Å².